The third kappa shape index (κ3) is 3.45. The molecule has 0 aromatic heterocycles. The average molecular weight is 240 g/mol. The van der Waals surface area contributed by atoms with Crippen molar-refractivity contribution in [3.63, 3.8) is 0 Å². The Bertz CT molecular complexity index is 193. The maximum Gasteiger partial charge on any atom is 0.0331 e. The van der Waals surface area contributed by atoms with E-state index in [-0.39, 0.29) is 5.54 Å². The lowest BCUT2D eigenvalue weighted by Gasteiger charge is -2.48. The minimum Gasteiger partial charge on any atom is -0.329 e. The molecule has 1 rings (SSSR count). The lowest BCUT2D eigenvalue weighted by Crippen LogP contribution is -2.57. The van der Waals surface area contributed by atoms with Crippen molar-refractivity contribution in [3.05, 3.63) is 0 Å². The topological polar surface area (TPSA) is 29.3 Å². The fourth-order valence-electron chi connectivity index (χ4n) is 3.73. The van der Waals surface area contributed by atoms with E-state index in [0.717, 1.165) is 19.1 Å². The van der Waals surface area contributed by atoms with Gasteiger partial charge in [-0.05, 0) is 32.2 Å². The van der Waals surface area contributed by atoms with Gasteiger partial charge in [0, 0.05) is 18.1 Å². The third-order valence-electron chi connectivity index (χ3n) is 4.72. The number of rotatable bonds is 7. The van der Waals surface area contributed by atoms with Gasteiger partial charge < -0.3 is 5.73 Å². The van der Waals surface area contributed by atoms with Crippen LogP contribution >= 0.6 is 0 Å². The van der Waals surface area contributed by atoms with Crippen LogP contribution in [0.5, 0.6) is 0 Å². The molecule has 17 heavy (non-hydrogen) atoms. The maximum atomic E-state index is 6.15. The Balaban J connectivity index is 2.78. The predicted octanol–water partition coefficient (Wildman–Crippen LogP) is 3.55. The van der Waals surface area contributed by atoms with Crippen molar-refractivity contribution in [2.75, 3.05) is 13.1 Å². The minimum absolute atomic E-state index is 0.269. The first-order valence-corrected chi connectivity index (χ1v) is 7.70. The lowest BCUT2D eigenvalue weighted by molar-refractivity contribution is 0.0252. The number of nitrogens with two attached hydrogens (primary N) is 1. The largest absolute Gasteiger partial charge is 0.329 e. The Morgan fingerprint density at radius 1 is 1.12 bits per heavy atom. The fraction of sp³-hybridized carbons (Fsp3) is 1.00. The van der Waals surface area contributed by atoms with Crippen LogP contribution in [0.15, 0.2) is 0 Å². The minimum atomic E-state index is 0.269. The van der Waals surface area contributed by atoms with Crippen LogP contribution in [0.4, 0.5) is 0 Å². The fourth-order valence-corrected chi connectivity index (χ4v) is 3.73. The Morgan fingerprint density at radius 2 is 1.76 bits per heavy atom. The summed E-state index contributed by atoms with van der Waals surface area (Å²) in [5.41, 5.74) is 6.42. The molecule has 102 valence electrons. The van der Waals surface area contributed by atoms with E-state index in [2.05, 4.69) is 25.7 Å². The molecule has 0 amide bonds. The van der Waals surface area contributed by atoms with Crippen LogP contribution in [0.1, 0.15) is 72.1 Å². The van der Waals surface area contributed by atoms with Gasteiger partial charge in [-0.2, -0.15) is 0 Å². The van der Waals surface area contributed by atoms with Gasteiger partial charge in [0.05, 0.1) is 0 Å². The van der Waals surface area contributed by atoms with Crippen LogP contribution in [0, 0.1) is 0 Å². The number of nitrogens with zero attached hydrogens (tertiary/aromatic N) is 1. The zero-order chi connectivity index (χ0) is 12.7. The molecule has 1 unspecified atom stereocenters. The smallest absolute Gasteiger partial charge is 0.0331 e. The standard InChI is InChI=1S/C15H32N2/c1-4-12-15(5-2,13-16)17(6-3)14-10-8-7-9-11-14/h14H,4-13,16H2,1-3H3. The first-order valence-electron chi connectivity index (χ1n) is 7.70. The van der Waals surface area contributed by atoms with Gasteiger partial charge in [0.2, 0.25) is 0 Å². The molecular formula is C15H32N2. The summed E-state index contributed by atoms with van der Waals surface area (Å²) in [6.07, 6.45) is 10.7. The van der Waals surface area contributed by atoms with Crippen molar-refractivity contribution in [1.82, 2.24) is 4.90 Å². The molecule has 2 N–H and O–H groups in total. The molecule has 1 saturated carbocycles. The zero-order valence-corrected chi connectivity index (χ0v) is 12.2. The Morgan fingerprint density at radius 3 is 2.18 bits per heavy atom. The lowest BCUT2D eigenvalue weighted by atomic mass is 9.84. The summed E-state index contributed by atoms with van der Waals surface area (Å²) in [6, 6.07) is 0.795. The quantitative estimate of drug-likeness (QED) is 0.737. The summed E-state index contributed by atoms with van der Waals surface area (Å²) in [5.74, 6) is 0. The summed E-state index contributed by atoms with van der Waals surface area (Å²) in [4.78, 5) is 2.75. The monoisotopic (exact) mass is 240 g/mol. The van der Waals surface area contributed by atoms with Crippen molar-refractivity contribution in [2.24, 2.45) is 5.73 Å². The molecule has 0 bridgehead atoms. The molecule has 1 atom stereocenters. The van der Waals surface area contributed by atoms with E-state index >= 15 is 0 Å². The highest BCUT2D eigenvalue weighted by atomic mass is 15.2. The molecule has 0 aromatic carbocycles. The number of hydrogen-bond donors (Lipinski definition) is 1. The number of hydrogen-bond acceptors (Lipinski definition) is 2. The van der Waals surface area contributed by atoms with Crippen LogP contribution in [0.2, 0.25) is 0 Å². The van der Waals surface area contributed by atoms with E-state index in [1.165, 1.54) is 51.4 Å². The molecular weight excluding hydrogens is 208 g/mol. The van der Waals surface area contributed by atoms with Crippen LogP contribution in [-0.2, 0) is 0 Å². The van der Waals surface area contributed by atoms with E-state index in [0.29, 0.717) is 0 Å². The van der Waals surface area contributed by atoms with Gasteiger partial charge >= 0.3 is 0 Å². The molecule has 0 spiro atoms. The van der Waals surface area contributed by atoms with Crippen molar-refractivity contribution < 1.29 is 0 Å². The summed E-state index contributed by atoms with van der Waals surface area (Å²) in [7, 11) is 0. The van der Waals surface area contributed by atoms with Gasteiger partial charge in [-0.1, -0.05) is 46.5 Å². The van der Waals surface area contributed by atoms with Crippen molar-refractivity contribution >= 4 is 0 Å². The highest BCUT2D eigenvalue weighted by Crippen LogP contribution is 2.32. The van der Waals surface area contributed by atoms with Crippen molar-refractivity contribution in [2.45, 2.75) is 83.7 Å². The van der Waals surface area contributed by atoms with Crippen molar-refractivity contribution in [3.8, 4) is 0 Å². The summed E-state index contributed by atoms with van der Waals surface area (Å²) >= 11 is 0. The van der Waals surface area contributed by atoms with E-state index < -0.39 is 0 Å². The van der Waals surface area contributed by atoms with E-state index in [4.69, 9.17) is 5.73 Å². The molecule has 2 nitrogen and oxygen atoms in total. The Labute approximate surface area is 108 Å². The SMILES string of the molecule is CCCC(CC)(CN)N(CC)C1CCCCC1. The summed E-state index contributed by atoms with van der Waals surface area (Å²) in [6.45, 7) is 8.89. The molecule has 1 aliphatic carbocycles. The predicted molar refractivity (Wildman–Crippen MR) is 76.2 cm³/mol. The van der Waals surface area contributed by atoms with Crippen LogP contribution in [-0.4, -0.2) is 29.6 Å². The summed E-state index contributed by atoms with van der Waals surface area (Å²) < 4.78 is 0. The van der Waals surface area contributed by atoms with Crippen molar-refractivity contribution in [1.29, 1.82) is 0 Å². The van der Waals surface area contributed by atoms with Gasteiger partial charge in [0.1, 0.15) is 0 Å². The normalized spacial score (nSPS) is 21.7. The van der Waals surface area contributed by atoms with E-state index in [1.807, 2.05) is 0 Å². The Kier molecular flexibility index (Phi) is 6.50. The molecule has 0 radical (unpaired) electrons. The zero-order valence-electron chi connectivity index (χ0n) is 12.2. The third-order valence-corrected chi connectivity index (χ3v) is 4.72. The highest BCUT2D eigenvalue weighted by molar-refractivity contribution is 4.94. The molecule has 0 saturated heterocycles. The van der Waals surface area contributed by atoms with Crippen LogP contribution < -0.4 is 5.73 Å². The second kappa shape index (κ2) is 7.38. The summed E-state index contributed by atoms with van der Waals surface area (Å²) in [5, 5.41) is 0. The van der Waals surface area contributed by atoms with E-state index in [1.54, 1.807) is 0 Å². The molecule has 1 fully saturated rings. The van der Waals surface area contributed by atoms with Gasteiger partial charge in [-0.15, -0.1) is 0 Å². The first kappa shape index (κ1) is 15.0. The average Bonchev–Trinajstić information content (AvgIpc) is 2.39. The molecule has 0 aromatic rings. The first-order chi connectivity index (χ1) is 8.24. The molecule has 1 aliphatic rings. The number of likely N-dealkylation sites (N-methyl/N-ethyl adjacent to an activating group) is 1. The maximum absolute atomic E-state index is 6.15. The second-order valence-electron chi connectivity index (χ2n) is 5.61. The Hall–Kier alpha value is -0.0800. The van der Waals surface area contributed by atoms with Gasteiger partial charge in [-0.25, -0.2) is 0 Å². The van der Waals surface area contributed by atoms with Crippen LogP contribution in [0.25, 0.3) is 0 Å². The van der Waals surface area contributed by atoms with Gasteiger partial charge in [0.25, 0.3) is 0 Å². The molecule has 0 heterocycles. The van der Waals surface area contributed by atoms with Gasteiger partial charge in [-0.3, -0.25) is 4.90 Å². The van der Waals surface area contributed by atoms with Crippen LogP contribution in [0.3, 0.4) is 0 Å². The highest BCUT2D eigenvalue weighted by Gasteiger charge is 2.36. The molecule has 0 aliphatic heterocycles. The second-order valence-corrected chi connectivity index (χ2v) is 5.61. The van der Waals surface area contributed by atoms with Gasteiger partial charge in [0.15, 0.2) is 0 Å². The van der Waals surface area contributed by atoms with E-state index in [9.17, 15) is 0 Å². The molecule has 2 heteroatoms.